The number of nitrogens with two attached hydrogens (primary N) is 1. The summed E-state index contributed by atoms with van der Waals surface area (Å²) in [5, 5.41) is 0.323. The van der Waals surface area contributed by atoms with Crippen molar-refractivity contribution in [2.24, 2.45) is 5.73 Å². The Balaban J connectivity index is 2.74. The standard InChI is InChI=1S/C9H11ClN2O2/c1-14-8(13)5-7(11)6-3-2-4-12-9(6)10/h2-4,7H,5,11H2,1H3/t7-/m0/s1. The molecule has 2 N–H and O–H groups in total. The fraction of sp³-hybridized carbons (Fsp3) is 0.333. The second-order valence-corrected chi connectivity index (χ2v) is 3.13. The van der Waals surface area contributed by atoms with Crippen LogP contribution in [0.4, 0.5) is 0 Å². The van der Waals surface area contributed by atoms with Crippen molar-refractivity contribution in [2.75, 3.05) is 7.11 Å². The number of carbonyl (C=O) groups excluding carboxylic acids is 1. The largest absolute Gasteiger partial charge is 0.469 e. The van der Waals surface area contributed by atoms with Gasteiger partial charge in [0.25, 0.3) is 0 Å². The molecular weight excluding hydrogens is 204 g/mol. The molecule has 0 fully saturated rings. The van der Waals surface area contributed by atoms with Crippen LogP contribution in [-0.2, 0) is 9.53 Å². The van der Waals surface area contributed by atoms with Gasteiger partial charge in [-0.05, 0) is 6.07 Å². The first-order chi connectivity index (χ1) is 6.65. The number of halogens is 1. The van der Waals surface area contributed by atoms with E-state index in [0.29, 0.717) is 10.7 Å². The van der Waals surface area contributed by atoms with Crippen LogP contribution in [0.3, 0.4) is 0 Å². The minimum atomic E-state index is -0.469. The molecule has 1 aromatic heterocycles. The number of rotatable bonds is 3. The molecule has 0 spiro atoms. The Morgan fingerprint density at radius 2 is 2.50 bits per heavy atom. The molecule has 0 amide bonds. The topological polar surface area (TPSA) is 65.2 Å². The van der Waals surface area contributed by atoms with Crippen LogP contribution < -0.4 is 5.73 Å². The van der Waals surface area contributed by atoms with Crippen molar-refractivity contribution >= 4 is 17.6 Å². The third-order valence-corrected chi connectivity index (χ3v) is 2.12. The number of pyridine rings is 1. The van der Waals surface area contributed by atoms with Gasteiger partial charge < -0.3 is 10.5 Å². The number of methoxy groups -OCH3 is 1. The molecule has 0 unspecified atom stereocenters. The van der Waals surface area contributed by atoms with E-state index in [-0.39, 0.29) is 12.4 Å². The van der Waals surface area contributed by atoms with Gasteiger partial charge in [0.1, 0.15) is 5.15 Å². The Kier molecular flexibility index (Phi) is 3.85. The van der Waals surface area contributed by atoms with Crippen molar-refractivity contribution in [2.45, 2.75) is 12.5 Å². The van der Waals surface area contributed by atoms with E-state index in [0.717, 1.165) is 0 Å². The molecule has 0 saturated carbocycles. The van der Waals surface area contributed by atoms with E-state index in [9.17, 15) is 4.79 Å². The maximum Gasteiger partial charge on any atom is 0.307 e. The van der Waals surface area contributed by atoms with E-state index in [4.69, 9.17) is 17.3 Å². The van der Waals surface area contributed by atoms with Gasteiger partial charge in [0.15, 0.2) is 0 Å². The first-order valence-electron chi connectivity index (χ1n) is 4.08. The van der Waals surface area contributed by atoms with Crippen LogP contribution in [0.25, 0.3) is 0 Å². The smallest absolute Gasteiger partial charge is 0.307 e. The highest BCUT2D eigenvalue weighted by Crippen LogP contribution is 2.20. The number of aromatic nitrogens is 1. The van der Waals surface area contributed by atoms with Crippen molar-refractivity contribution < 1.29 is 9.53 Å². The Hall–Kier alpha value is -1.13. The van der Waals surface area contributed by atoms with Gasteiger partial charge in [-0.2, -0.15) is 0 Å². The third kappa shape index (κ3) is 2.68. The Labute approximate surface area is 87.0 Å². The first-order valence-corrected chi connectivity index (χ1v) is 4.45. The number of ether oxygens (including phenoxy) is 1. The van der Waals surface area contributed by atoms with E-state index in [1.165, 1.54) is 7.11 Å². The van der Waals surface area contributed by atoms with E-state index < -0.39 is 6.04 Å². The fourth-order valence-electron chi connectivity index (χ4n) is 1.05. The maximum absolute atomic E-state index is 10.9. The zero-order valence-electron chi connectivity index (χ0n) is 7.74. The fourth-order valence-corrected chi connectivity index (χ4v) is 1.31. The normalized spacial score (nSPS) is 12.2. The highest BCUT2D eigenvalue weighted by atomic mass is 35.5. The zero-order chi connectivity index (χ0) is 10.6. The van der Waals surface area contributed by atoms with Crippen LogP contribution in [-0.4, -0.2) is 18.1 Å². The van der Waals surface area contributed by atoms with Crippen molar-refractivity contribution in [1.29, 1.82) is 0 Å². The van der Waals surface area contributed by atoms with Gasteiger partial charge in [-0.15, -0.1) is 0 Å². The molecular formula is C9H11ClN2O2. The van der Waals surface area contributed by atoms with Gasteiger partial charge in [0.2, 0.25) is 0 Å². The molecule has 0 aliphatic rings. The minimum absolute atomic E-state index is 0.0991. The van der Waals surface area contributed by atoms with Gasteiger partial charge in [0, 0.05) is 17.8 Å². The first kappa shape index (κ1) is 10.9. The highest BCUT2D eigenvalue weighted by molar-refractivity contribution is 6.30. The van der Waals surface area contributed by atoms with Gasteiger partial charge in [-0.25, -0.2) is 4.98 Å². The monoisotopic (exact) mass is 214 g/mol. The van der Waals surface area contributed by atoms with Crippen molar-refractivity contribution in [3.8, 4) is 0 Å². The average Bonchev–Trinajstić information content (AvgIpc) is 2.18. The molecule has 0 saturated heterocycles. The number of hydrogen-bond donors (Lipinski definition) is 1. The summed E-state index contributed by atoms with van der Waals surface area (Å²) < 4.78 is 4.50. The molecule has 1 atom stereocenters. The van der Waals surface area contributed by atoms with Crippen LogP contribution in [0.1, 0.15) is 18.0 Å². The van der Waals surface area contributed by atoms with E-state index in [1.807, 2.05) is 0 Å². The summed E-state index contributed by atoms with van der Waals surface area (Å²) in [5.41, 5.74) is 6.40. The molecule has 1 aromatic rings. The Morgan fingerprint density at radius 3 is 3.07 bits per heavy atom. The lowest BCUT2D eigenvalue weighted by Crippen LogP contribution is -2.16. The second kappa shape index (κ2) is 4.93. The minimum Gasteiger partial charge on any atom is -0.469 e. The Bertz CT molecular complexity index is 330. The van der Waals surface area contributed by atoms with Crippen molar-refractivity contribution in [3.05, 3.63) is 29.0 Å². The molecule has 0 radical (unpaired) electrons. The van der Waals surface area contributed by atoms with Gasteiger partial charge >= 0.3 is 5.97 Å². The van der Waals surface area contributed by atoms with Crippen LogP contribution >= 0.6 is 11.6 Å². The number of nitrogens with zero attached hydrogens (tertiary/aromatic N) is 1. The predicted molar refractivity (Wildman–Crippen MR) is 52.8 cm³/mol. The molecule has 0 aromatic carbocycles. The van der Waals surface area contributed by atoms with Gasteiger partial charge in [-0.1, -0.05) is 17.7 Å². The lowest BCUT2D eigenvalue weighted by Gasteiger charge is -2.10. The second-order valence-electron chi connectivity index (χ2n) is 2.77. The van der Waals surface area contributed by atoms with E-state index >= 15 is 0 Å². The number of carbonyl (C=O) groups is 1. The van der Waals surface area contributed by atoms with Crippen LogP contribution in [0.5, 0.6) is 0 Å². The predicted octanol–water partition coefficient (Wildman–Crippen LogP) is 1.30. The third-order valence-electron chi connectivity index (χ3n) is 1.80. The molecule has 1 heterocycles. The quantitative estimate of drug-likeness (QED) is 0.609. The molecule has 4 nitrogen and oxygen atoms in total. The van der Waals surface area contributed by atoms with Gasteiger partial charge in [0.05, 0.1) is 13.5 Å². The summed E-state index contributed by atoms with van der Waals surface area (Å²) in [6, 6.07) is 2.99. The lowest BCUT2D eigenvalue weighted by atomic mass is 10.1. The molecule has 14 heavy (non-hydrogen) atoms. The molecule has 0 aliphatic carbocycles. The molecule has 0 bridgehead atoms. The van der Waals surface area contributed by atoms with Gasteiger partial charge in [-0.3, -0.25) is 4.79 Å². The lowest BCUT2D eigenvalue weighted by molar-refractivity contribution is -0.141. The summed E-state index contributed by atoms with van der Waals surface area (Å²) in [6.07, 6.45) is 1.67. The summed E-state index contributed by atoms with van der Waals surface area (Å²) in [7, 11) is 1.32. The summed E-state index contributed by atoms with van der Waals surface area (Å²) >= 11 is 5.80. The molecule has 76 valence electrons. The van der Waals surface area contributed by atoms with Crippen LogP contribution in [0.15, 0.2) is 18.3 Å². The number of hydrogen-bond acceptors (Lipinski definition) is 4. The van der Waals surface area contributed by atoms with E-state index in [1.54, 1.807) is 18.3 Å². The molecule has 0 aliphatic heterocycles. The maximum atomic E-state index is 10.9. The summed E-state index contributed by atoms with van der Waals surface area (Å²) in [6.45, 7) is 0. The highest BCUT2D eigenvalue weighted by Gasteiger charge is 2.14. The summed E-state index contributed by atoms with van der Waals surface area (Å²) in [5.74, 6) is -0.364. The van der Waals surface area contributed by atoms with Crippen LogP contribution in [0, 0.1) is 0 Å². The van der Waals surface area contributed by atoms with Crippen LogP contribution in [0.2, 0.25) is 5.15 Å². The van der Waals surface area contributed by atoms with Crippen molar-refractivity contribution in [3.63, 3.8) is 0 Å². The molecule has 1 rings (SSSR count). The molecule has 5 heteroatoms. The average molecular weight is 215 g/mol. The zero-order valence-corrected chi connectivity index (χ0v) is 8.49. The van der Waals surface area contributed by atoms with Crippen molar-refractivity contribution in [1.82, 2.24) is 4.98 Å². The number of esters is 1. The Morgan fingerprint density at radius 1 is 1.79 bits per heavy atom. The summed E-state index contributed by atoms with van der Waals surface area (Å²) in [4.78, 5) is 14.8. The SMILES string of the molecule is COC(=O)C[C@H](N)c1cccnc1Cl. The van der Waals surface area contributed by atoms with E-state index in [2.05, 4.69) is 9.72 Å².